The number of guanidine groups is 1. The summed E-state index contributed by atoms with van der Waals surface area (Å²) in [7, 11) is 0.550. The van der Waals surface area contributed by atoms with Crippen LogP contribution in [0.2, 0.25) is 0 Å². The Morgan fingerprint density at radius 2 is 2.20 bits per heavy atom. The zero-order chi connectivity index (χ0) is 15.0. The Morgan fingerprint density at radius 3 is 2.75 bits per heavy atom. The van der Waals surface area contributed by atoms with E-state index in [0.717, 1.165) is 25.2 Å². The van der Waals surface area contributed by atoms with Crippen LogP contribution >= 0.6 is 11.3 Å². The van der Waals surface area contributed by atoms with E-state index in [0.29, 0.717) is 13.1 Å². The first-order chi connectivity index (χ1) is 9.42. The molecule has 1 aromatic rings. The highest BCUT2D eigenvalue weighted by molar-refractivity contribution is 7.88. The second-order valence-electron chi connectivity index (χ2n) is 4.39. The molecule has 0 amide bonds. The molecule has 2 N–H and O–H groups in total. The molecule has 0 aliphatic heterocycles. The van der Waals surface area contributed by atoms with Gasteiger partial charge in [-0.25, -0.2) is 13.1 Å². The molecule has 114 valence electrons. The predicted octanol–water partition coefficient (Wildman–Crippen LogP) is 0.347. The summed E-state index contributed by atoms with van der Waals surface area (Å²) in [5.74, 6) is 0.761. The standard InChI is InChI=1S/C12H22N4O2S2/c1-13-12(14-7-8-15-20(3,17)18)16(2)9-6-11-5-4-10-19-11/h4-5,10,15H,6-9H2,1-3H3,(H,13,14). The lowest BCUT2D eigenvalue weighted by Gasteiger charge is -2.21. The van der Waals surface area contributed by atoms with Gasteiger partial charge in [-0.3, -0.25) is 4.99 Å². The van der Waals surface area contributed by atoms with E-state index in [-0.39, 0.29) is 0 Å². The maximum Gasteiger partial charge on any atom is 0.208 e. The van der Waals surface area contributed by atoms with Crippen LogP contribution in [0.1, 0.15) is 4.88 Å². The zero-order valence-corrected chi connectivity index (χ0v) is 13.7. The average Bonchev–Trinajstić information content (AvgIpc) is 2.88. The molecule has 0 saturated carbocycles. The summed E-state index contributed by atoms with van der Waals surface area (Å²) < 4.78 is 24.3. The third-order valence-corrected chi connectivity index (χ3v) is 4.28. The third kappa shape index (κ3) is 6.88. The molecule has 8 heteroatoms. The van der Waals surface area contributed by atoms with Crippen LogP contribution in [0.5, 0.6) is 0 Å². The minimum Gasteiger partial charge on any atom is -0.355 e. The van der Waals surface area contributed by atoms with Gasteiger partial charge in [-0.15, -0.1) is 11.3 Å². The summed E-state index contributed by atoms with van der Waals surface area (Å²) in [6, 6.07) is 4.16. The smallest absolute Gasteiger partial charge is 0.208 e. The van der Waals surface area contributed by atoms with E-state index < -0.39 is 10.0 Å². The van der Waals surface area contributed by atoms with Gasteiger partial charge in [-0.2, -0.15) is 0 Å². The molecule has 0 atom stereocenters. The van der Waals surface area contributed by atoms with Crippen molar-refractivity contribution in [3.63, 3.8) is 0 Å². The molecule has 0 aromatic carbocycles. The van der Waals surface area contributed by atoms with Crippen LogP contribution in [0.25, 0.3) is 0 Å². The molecular formula is C12H22N4O2S2. The largest absolute Gasteiger partial charge is 0.355 e. The van der Waals surface area contributed by atoms with Gasteiger partial charge in [-0.05, 0) is 17.9 Å². The maximum atomic E-state index is 10.9. The van der Waals surface area contributed by atoms with E-state index in [4.69, 9.17) is 0 Å². The Bertz CT molecular complexity index is 512. The molecule has 1 aromatic heterocycles. The Morgan fingerprint density at radius 1 is 1.45 bits per heavy atom. The number of nitrogens with zero attached hydrogens (tertiary/aromatic N) is 2. The van der Waals surface area contributed by atoms with Crippen molar-refractivity contribution in [1.29, 1.82) is 0 Å². The second kappa shape index (κ2) is 8.23. The van der Waals surface area contributed by atoms with Crippen molar-refractivity contribution in [2.45, 2.75) is 6.42 Å². The zero-order valence-electron chi connectivity index (χ0n) is 12.1. The molecule has 0 saturated heterocycles. The number of thiophene rings is 1. The molecule has 6 nitrogen and oxygen atoms in total. The Balaban J connectivity index is 2.30. The summed E-state index contributed by atoms with van der Waals surface area (Å²) in [6.45, 7) is 1.71. The molecule has 1 rings (SSSR count). The lowest BCUT2D eigenvalue weighted by atomic mass is 10.3. The number of hydrogen-bond donors (Lipinski definition) is 2. The van der Waals surface area contributed by atoms with Crippen LogP contribution in [0, 0.1) is 0 Å². The first-order valence-corrected chi connectivity index (χ1v) is 9.08. The normalized spacial score (nSPS) is 12.4. The number of sulfonamides is 1. The first-order valence-electron chi connectivity index (χ1n) is 6.31. The van der Waals surface area contributed by atoms with Gasteiger partial charge in [0.05, 0.1) is 6.26 Å². The van der Waals surface area contributed by atoms with Crippen molar-refractivity contribution < 1.29 is 8.42 Å². The molecule has 0 spiro atoms. The molecule has 0 unspecified atom stereocenters. The average molecular weight is 318 g/mol. The molecular weight excluding hydrogens is 296 g/mol. The summed E-state index contributed by atoms with van der Waals surface area (Å²) >= 11 is 1.74. The topological polar surface area (TPSA) is 73.8 Å². The molecule has 0 bridgehead atoms. The minimum absolute atomic E-state index is 0.344. The minimum atomic E-state index is -3.13. The van der Waals surface area contributed by atoms with Crippen LogP contribution in [0.4, 0.5) is 0 Å². The second-order valence-corrected chi connectivity index (χ2v) is 7.26. The van der Waals surface area contributed by atoms with Crippen molar-refractivity contribution in [1.82, 2.24) is 14.9 Å². The molecule has 0 radical (unpaired) electrons. The van der Waals surface area contributed by atoms with E-state index in [2.05, 4.69) is 26.5 Å². The van der Waals surface area contributed by atoms with E-state index in [1.54, 1.807) is 18.4 Å². The molecule has 1 heterocycles. The first kappa shape index (κ1) is 16.9. The monoisotopic (exact) mass is 318 g/mol. The van der Waals surface area contributed by atoms with Crippen LogP contribution in [-0.2, 0) is 16.4 Å². The van der Waals surface area contributed by atoms with Gasteiger partial charge in [0.25, 0.3) is 0 Å². The fraction of sp³-hybridized carbons (Fsp3) is 0.583. The molecule has 0 aliphatic rings. The quantitative estimate of drug-likeness (QED) is 0.432. The number of likely N-dealkylation sites (N-methyl/N-ethyl adjacent to an activating group) is 1. The Hall–Kier alpha value is -1.12. The number of hydrogen-bond acceptors (Lipinski definition) is 4. The van der Waals surface area contributed by atoms with Gasteiger partial charge in [0.1, 0.15) is 0 Å². The van der Waals surface area contributed by atoms with Gasteiger partial charge in [0.2, 0.25) is 10.0 Å². The summed E-state index contributed by atoms with van der Waals surface area (Å²) in [4.78, 5) is 7.55. The SMILES string of the molecule is CN=C(NCCNS(C)(=O)=O)N(C)CCc1cccs1. The van der Waals surface area contributed by atoms with Crippen LogP contribution < -0.4 is 10.0 Å². The Labute approximate surface area is 125 Å². The van der Waals surface area contributed by atoms with Crippen LogP contribution in [-0.4, -0.2) is 59.3 Å². The lowest BCUT2D eigenvalue weighted by molar-refractivity contribution is 0.486. The summed E-state index contributed by atoms with van der Waals surface area (Å²) in [5, 5.41) is 5.19. The fourth-order valence-corrected chi connectivity index (χ4v) is 2.81. The summed E-state index contributed by atoms with van der Waals surface area (Å²) in [6.07, 6.45) is 2.12. The maximum absolute atomic E-state index is 10.9. The van der Waals surface area contributed by atoms with E-state index in [1.165, 1.54) is 4.88 Å². The van der Waals surface area contributed by atoms with Crippen molar-refractivity contribution in [3.8, 4) is 0 Å². The van der Waals surface area contributed by atoms with Gasteiger partial charge < -0.3 is 10.2 Å². The number of aliphatic imine (C=N–C) groups is 1. The highest BCUT2D eigenvalue weighted by Gasteiger charge is 2.06. The van der Waals surface area contributed by atoms with E-state index >= 15 is 0 Å². The van der Waals surface area contributed by atoms with E-state index in [9.17, 15) is 8.42 Å². The van der Waals surface area contributed by atoms with Crippen molar-refractivity contribution in [3.05, 3.63) is 22.4 Å². The van der Waals surface area contributed by atoms with Gasteiger partial charge in [0, 0.05) is 38.6 Å². The Kier molecular flexibility index (Phi) is 6.97. The van der Waals surface area contributed by atoms with Crippen molar-refractivity contribution in [2.24, 2.45) is 4.99 Å². The van der Waals surface area contributed by atoms with Gasteiger partial charge in [0.15, 0.2) is 5.96 Å². The van der Waals surface area contributed by atoms with Crippen LogP contribution in [0.3, 0.4) is 0 Å². The van der Waals surface area contributed by atoms with Crippen LogP contribution in [0.15, 0.2) is 22.5 Å². The lowest BCUT2D eigenvalue weighted by Crippen LogP contribution is -2.43. The number of rotatable bonds is 7. The van der Waals surface area contributed by atoms with Crippen molar-refractivity contribution in [2.75, 3.05) is 40.0 Å². The predicted molar refractivity (Wildman–Crippen MR) is 84.9 cm³/mol. The van der Waals surface area contributed by atoms with Crippen molar-refractivity contribution >= 4 is 27.3 Å². The molecule has 0 fully saturated rings. The van der Waals surface area contributed by atoms with Gasteiger partial charge >= 0.3 is 0 Å². The highest BCUT2D eigenvalue weighted by Crippen LogP contribution is 2.09. The summed E-state index contributed by atoms with van der Waals surface area (Å²) in [5.41, 5.74) is 0. The van der Waals surface area contributed by atoms with E-state index in [1.807, 2.05) is 18.0 Å². The van der Waals surface area contributed by atoms with Gasteiger partial charge in [-0.1, -0.05) is 6.07 Å². The molecule has 0 aliphatic carbocycles. The fourth-order valence-electron chi connectivity index (χ4n) is 1.63. The highest BCUT2D eigenvalue weighted by atomic mass is 32.2. The third-order valence-electron chi connectivity index (χ3n) is 2.62. The molecule has 20 heavy (non-hydrogen) atoms. The number of nitrogens with one attached hydrogen (secondary N) is 2.